The third-order valence-corrected chi connectivity index (χ3v) is 4.47. The summed E-state index contributed by atoms with van der Waals surface area (Å²) in [5.41, 5.74) is 0.0879. The molecule has 1 unspecified atom stereocenters. The molecule has 0 amide bonds. The van der Waals surface area contributed by atoms with Gasteiger partial charge in [0, 0.05) is 11.6 Å². The van der Waals surface area contributed by atoms with Crippen LogP contribution in [0.5, 0.6) is 0 Å². The van der Waals surface area contributed by atoms with Crippen LogP contribution in [0, 0.1) is 0 Å². The van der Waals surface area contributed by atoms with Crippen molar-refractivity contribution in [1.82, 2.24) is 4.90 Å². The Morgan fingerprint density at radius 2 is 1.69 bits per heavy atom. The Kier molecular flexibility index (Phi) is 8.33. The van der Waals surface area contributed by atoms with Crippen molar-refractivity contribution in [1.29, 1.82) is 0 Å². The van der Waals surface area contributed by atoms with Gasteiger partial charge in [0.25, 0.3) is 0 Å². The van der Waals surface area contributed by atoms with Crippen molar-refractivity contribution in [2.45, 2.75) is 71.9 Å². The second kappa shape index (κ2) is 8.26. The molecular weight excluding hydrogens is 214 g/mol. The molecule has 0 aliphatic rings. The predicted molar refractivity (Wildman–Crippen MR) is 76.0 cm³/mol. The van der Waals surface area contributed by atoms with Crippen LogP contribution in [0.2, 0.25) is 0 Å². The minimum Gasteiger partial charge on any atom is -0.423 e. The van der Waals surface area contributed by atoms with E-state index in [1.54, 1.807) is 0 Å². The highest BCUT2D eigenvalue weighted by atomic mass is 28.2. The molecule has 0 spiro atoms. The molecule has 0 aromatic rings. The van der Waals surface area contributed by atoms with E-state index in [2.05, 4.69) is 39.5 Å². The largest absolute Gasteiger partial charge is 0.423 e. The minimum absolute atomic E-state index is 0.0879. The first-order chi connectivity index (χ1) is 7.46. The molecule has 0 rings (SSSR count). The Bertz CT molecular complexity index is 167. The fourth-order valence-electron chi connectivity index (χ4n) is 1.97. The molecule has 0 N–H and O–H groups in total. The second-order valence-electron chi connectivity index (χ2n) is 5.39. The van der Waals surface area contributed by atoms with E-state index in [0.717, 1.165) is 10.5 Å². The zero-order valence-corrected chi connectivity index (χ0v) is 14.2. The van der Waals surface area contributed by atoms with Crippen molar-refractivity contribution in [2.24, 2.45) is 0 Å². The molecule has 0 aromatic heterocycles. The fourth-order valence-corrected chi connectivity index (χ4v) is 2.17. The maximum absolute atomic E-state index is 5.61. The van der Waals surface area contributed by atoms with E-state index >= 15 is 0 Å². The zero-order valence-electron chi connectivity index (χ0n) is 12.2. The van der Waals surface area contributed by atoms with Crippen molar-refractivity contribution in [3.8, 4) is 0 Å². The maximum atomic E-state index is 5.61. The lowest BCUT2D eigenvalue weighted by atomic mass is 9.99. The Morgan fingerprint density at radius 3 is 2.06 bits per heavy atom. The van der Waals surface area contributed by atoms with Gasteiger partial charge < -0.3 is 9.33 Å². The van der Waals surface area contributed by atoms with Gasteiger partial charge in [0.1, 0.15) is 10.5 Å². The van der Waals surface area contributed by atoms with Crippen molar-refractivity contribution in [3.63, 3.8) is 0 Å². The van der Waals surface area contributed by atoms with Crippen molar-refractivity contribution < 1.29 is 4.43 Å². The van der Waals surface area contributed by atoms with Gasteiger partial charge in [-0.1, -0.05) is 13.8 Å². The van der Waals surface area contributed by atoms with E-state index < -0.39 is 0 Å². The van der Waals surface area contributed by atoms with Crippen LogP contribution in [0.1, 0.15) is 60.3 Å². The van der Waals surface area contributed by atoms with E-state index in [1.807, 2.05) is 0 Å². The van der Waals surface area contributed by atoms with E-state index in [1.165, 1.54) is 38.8 Å². The molecule has 2 nitrogen and oxygen atoms in total. The average molecular weight is 245 g/mol. The summed E-state index contributed by atoms with van der Waals surface area (Å²) in [6, 6.07) is 0.691. The van der Waals surface area contributed by atoms with Crippen LogP contribution < -0.4 is 0 Å². The summed E-state index contributed by atoms with van der Waals surface area (Å²) >= 11 is 0. The van der Waals surface area contributed by atoms with Crippen LogP contribution in [-0.4, -0.2) is 40.1 Å². The summed E-state index contributed by atoms with van der Waals surface area (Å²) in [6.07, 6.45) is 4.92. The molecule has 98 valence electrons. The second-order valence-corrected chi connectivity index (χ2v) is 5.80. The summed E-state index contributed by atoms with van der Waals surface area (Å²) < 4.78 is 5.61. The molecule has 0 aliphatic heterocycles. The average Bonchev–Trinajstić information content (AvgIpc) is 2.26. The van der Waals surface area contributed by atoms with Gasteiger partial charge in [0.2, 0.25) is 0 Å². The van der Waals surface area contributed by atoms with E-state index in [0.29, 0.717) is 6.04 Å². The van der Waals surface area contributed by atoms with E-state index in [9.17, 15) is 0 Å². The number of nitrogens with zero attached hydrogens (tertiary/aromatic N) is 1. The maximum Gasteiger partial charge on any atom is 0.146 e. The monoisotopic (exact) mass is 245 g/mol. The van der Waals surface area contributed by atoms with Crippen molar-refractivity contribution >= 4 is 10.5 Å². The zero-order chi connectivity index (χ0) is 12.6. The standard InChI is InChI=1S/C13H31NOSi/c1-6-10-14(11-7-2)12(3)8-9-13(4,5)15-16/h12H,6-11H2,1-5,16H3. The Balaban J connectivity index is 4.04. The number of rotatable bonds is 9. The van der Waals surface area contributed by atoms with E-state index in [4.69, 9.17) is 4.43 Å². The van der Waals surface area contributed by atoms with Crippen LogP contribution in [0.3, 0.4) is 0 Å². The normalized spacial score (nSPS) is 14.6. The molecule has 16 heavy (non-hydrogen) atoms. The molecule has 3 heteroatoms. The Labute approximate surface area is 105 Å². The van der Waals surface area contributed by atoms with Crippen LogP contribution >= 0.6 is 0 Å². The smallest absolute Gasteiger partial charge is 0.146 e. The van der Waals surface area contributed by atoms with Crippen molar-refractivity contribution in [2.75, 3.05) is 13.1 Å². The molecule has 0 radical (unpaired) electrons. The molecule has 0 aromatic carbocycles. The fraction of sp³-hybridized carbons (Fsp3) is 1.00. The van der Waals surface area contributed by atoms with Crippen LogP contribution in [0.15, 0.2) is 0 Å². The first kappa shape index (κ1) is 16.1. The topological polar surface area (TPSA) is 12.5 Å². The predicted octanol–water partition coefficient (Wildman–Crippen LogP) is 2.35. The third-order valence-electron chi connectivity index (χ3n) is 3.36. The molecule has 0 aliphatic carbocycles. The van der Waals surface area contributed by atoms with Gasteiger partial charge in [-0.25, -0.2) is 0 Å². The first-order valence-corrected chi connectivity index (χ1v) is 7.57. The van der Waals surface area contributed by atoms with E-state index in [-0.39, 0.29) is 5.60 Å². The molecule has 0 heterocycles. The summed E-state index contributed by atoms with van der Waals surface area (Å²) in [6.45, 7) is 13.8. The quantitative estimate of drug-likeness (QED) is 0.578. The van der Waals surface area contributed by atoms with Gasteiger partial charge in [-0.15, -0.1) is 0 Å². The van der Waals surface area contributed by atoms with Gasteiger partial charge >= 0.3 is 0 Å². The van der Waals surface area contributed by atoms with Gasteiger partial charge in [0.05, 0.1) is 0 Å². The highest BCUT2D eigenvalue weighted by Gasteiger charge is 2.19. The molecule has 0 saturated heterocycles. The van der Waals surface area contributed by atoms with Gasteiger partial charge in [-0.05, 0) is 59.5 Å². The Hall–Kier alpha value is 0.137. The molecule has 0 saturated carbocycles. The number of hydrogen-bond donors (Lipinski definition) is 0. The lowest BCUT2D eigenvalue weighted by molar-refractivity contribution is 0.0928. The Morgan fingerprint density at radius 1 is 1.19 bits per heavy atom. The summed E-state index contributed by atoms with van der Waals surface area (Å²) in [7, 11) is 0.843. The van der Waals surface area contributed by atoms with Crippen LogP contribution in [-0.2, 0) is 4.43 Å². The van der Waals surface area contributed by atoms with Gasteiger partial charge in [-0.2, -0.15) is 0 Å². The summed E-state index contributed by atoms with van der Waals surface area (Å²) in [4.78, 5) is 2.61. The van der Waals surface area contributed by atoms with Gasteiger partial charge in [0.15, 0.2) is 0 Å². The highest BCUT2D eigenvalue weighted by Crippen LogP contribution is 2.18. The van der Waals surface area contributed by atoms with Crippen LogP contribution in [0.4, 0.5) is 0 Å². The SMILES string of the molecule is CCCN(CCC)C(C)CCC(C)(C)O[SiH3]. The van der Waals surface area contributed by atoms with Gasteiger partial charge in [-0.3, -0.25) is 0 Å². The highest BCUT2D eigenvalue weighted by molar-refractivity contribution is 5.98. The molecule has 1 atom stereocenters. The lowest BCUT2D eigenvalue weighted by Gasteiger charge is -2.31. The summed E-state index contributed by atoms with van der Waals surface area (Å²) in [5.74, 6) is 0. The van der Waals surface area contributed by atoms with Crippen molar-refractivity contribution in [3.05, 3.63) is 0 Å². The molecular formula is C13H31NOSi. The third kappa shape index (κ3) is 6.66. The molecule has 0 fully saturated rings. The first-order valence-electron chi connectivity index (χ1n) is 6.76. The van der Waals surface area contributed by atoms with Crippen LogP contribution in [0.25, 0.3) is 0 Å². The summed E-state index contributed by atoms with van der Waals surface area (Å²) in [5, 5.41) is 0. The molecule has 0 bridgehead atoms. The lowest BCUT2D eigenvalue weighted by Crippen LogP contribution is -2.36. The number of hydrogen-bond acceptors (Lipinski definition) is 2. The minimum atomic E-state index is 0.0879.